The van der Waals surface area contributed by atoms with Gasteiger partial charge in [-0.15, -0.1) is 0 Å². The molecule has 144 valence electrons. The fourth-order valence-electron chi connectivity index (χ4n) is 2.73. The van der Waals surface area contributed by atoms with Crippen LogP contribution in [0.15, 0.2) is 42.5 Å². The van der Waals surface area contributed by atoms with Gasteiger partial charge in [-0.05, 0) is 30.3 Å². The monoisotopic (exact) mass is 381 g/mol. The molecule has 0 aliphatic carbocycles. The first-order valence-corrected chi connectivity index (χ1v) is 8.28. The Kier molecular flexibility index (Phi) is 5.55. The fourth-order valence-corrected chi connectivity index (χ4v) is 2.73. The van der Waals surface area contributed by atoms with E-state index in [9.17, 15) is 18.0 Å². The second-order valence-corrected chi connectivity index (χ2v) is 5.97. The van der Waals surface area contributed by atoms with E-state index >= 15 is 0 Å². The smallest absolute Gasteiger partial charge is 0.418 e. The molecule has 1 amide bonds. The zero-order valence-electron chi connectivity index (χ0n) is 14.5. The Hall–Kier alpha value is -2.74. The summed E-state index contributed by atoms with van der Waals surface area (Å²) in [5.74, 6) is 0.0840. The highest BCUT2D eigenvalue weighted by atomic mass is 19.4. The van der Waals surface area contributed by atoms with Crippen LogP contribution in [0.3, 0.4) is 0 Å². The van der Waals surface area contributed by atoms with E-state index in [-0.39, 0.29) is 17.4 Å². The van der Waals surface area contributed by atoms with Crippen molar-refractivity contribution in [3.8, 4) is 11.5 Å². The van der Waals surface area contributed by atoms with E-state index in [0.717, 1.165) is 6.07 Å². The number of benzene rings is 2. The number of hydrogen-bond acceptors (Lipinski definition) is 4. The van der Waals surface area contributed by atoms with Crippen molar-refractivity contribution in [2.24, 2.45) is 0 Å². The molecule has 27 heavy (non-hydrogen) atoms. The van der Waals surface area contributed by atoms with Crippen molar-refractivity contribution in [3.63, 3.8) is 0 Å². The van der Waals surface area contributed by atoms with E-state index in [4.69, 9.17) is 14.2 Å². The second-order valence-electron chi connectivity index (χ2n) is 5.97. The normalized spacial score (nSPS) is 16.8. The predicted molar refractivity (Wildman–Crippen MR) is 92.2 cm³/mol. The van der Waals surface area contributed by atoms with Crippen molar-refractivity contribution < 1.29 is 32.2 Å². The molecule has 2 aromatic carbocycles. The van der Waals surface area contributed by atoms with Crippen molar-refractivity contribution in [3.05, 3.63) is 53.6 Å². The lowest BCUT2D eigenvalue weighted by Crippen LogP contribution is -2.18. The molecule has 0 spiro atoms. The highest BCUT2D eigenvalue weighted by Crippen LogP contribution is 2.35. The quantitative estimate of drug-likeness (QED) is 0.846. The molecule has 2 aromatic rings. The van der Waals surface area contributed by atoms with E-state index in [1.165, 1.54) is 43.5 Å². The van der Waals surface area contributed by atoms with Gasteiger partial charge in [0, 0.05) is 12.0 Å². The third-order valence-electron chi connectivity index (χ3n) is 4.09. The van der Waals surface area contributed by atoms with Crippen LogP contribution in [-0.4, -0.2) is 32.3 Å². The van der Waals surface area contributed by atoms with Crippen LogP contribution in [0.4, 0.5) is 18.9 Å². The Bertz CT molecular complexity index is 817. The maximum Gasteiger partial charge on any atom is 0.418 e. The number of carbonyl (C=O) groups excluding carboxylic acids is 1. The van der Waals surface area contributed by atoms with Crippen LogP contribution in [0.25, 0.3) is 0 Å². The molecule has 0 saturated carbocycles. The molecule has 5 nitrogen and oxygen atoms in total. The molecule has 0 aromatic heterocycles. The minimum Gasteiger partial charge on any atom is -0.493 e. The summed E-state index contributed by atoms with van der Waals surface area (Å²) < 4.78 is 55.6. The average molecular weight is 381 g/mol. The Morgan fingerprint density at radius 1 is 1.19 bits per heavy atom. The molecule has 1 aliphatic heterocycles. The lowest BCUT2D eigenvalue weighted by atomic mass is 10.1. The van der Waals surface area contributed by atoms with Gasteiger partial charge in [-0.1, -0.05) is 12.1 Å². The fraction of sp³-hybridized carbons (Fsp3) is 0.316. The van der Waals surface area contributed by atoms with Gasteiger partial charge in [-0.2, -0.15) is 13.2 Å². The molecule has 1 unspecified atom stereocenters. The summed E-state index contributed by atoms with van der Waals surface area (Å²) in [5, 5.41) is 2.31. The van der Waals surface area contributed by atoms with Crippen LogP contribution >= 0.6 is 0 Å². The third-order valence-corrected chi connectivity index (χ3v) is 4.09. The van der Waals surface area contributed by atoms with E-state index < -0.39 is 17.6 Å². The Morgan fingerprint density at radius 2 is 1.96 bits per heavy atom. The zero-order chi connectivity index (χ0) is 19.4. The minimum absolute atomic E-state index is 0.154. The average Bonchev–Trinajstić information content (AvgIpc) is 3.14. The number of amides is 1. The number of para-hydroxylation sites is 1. The third kappa shape index (κ3) is 4.51. The van der Waals surface area contributed by atoms with Gasteiger partial charge in [0.15, 0.2) is 11.5 Å². The van der Waals surface area contributed by atoms with E-state index in [0.29, 0.717) is 31.1 Å². The van der Waals surface area contributed by atoms with Gasteiger partial charge in [0.1, 0.15) is 6.10 Å². The second kappa shape index (κ2) is 7.87. The zero-order valence-corrected chi connectivity index (χ0v) is 14.5. The number of halogens is 3. The Balaban J connectivity index is 1.83. The molecular formula is C19H18F3NO4. The summed E-state index contributed by atoms with van der Waals surface area (Å²) in [7, 11) is 1.46. The SMILES string of the molecule is COc1ccc(C(=O)Nc2ccccc2C(F)(F)F)cc1OC1CCOC1. The molecule has 1 aliphatic rings. The molecule has 0 bridgehead atoms. The van der Waals surface area contributed by atoms with E-state index in [2.05, 4.69) is 5.32 Å². The molecule has 1 heterocycles. The molecule has 1 N–H and O–H groups in total. The van der Waals surface area contributed by atoms with Gasteiger partial charge in [0.25, 0.3) is 5.91 Å². The number of alkyl halides is 3. The van der Waals surface area contributed by atoms with Crippen LogP contribution < -0.4 is 14.8 Å². The molecule has 3 rings (SSSR count). The largest absolute Gasteiger partial charge is 0.493 e. The van der Waals surface area contributed by atoms with Crippen molar-refractivity contribution in [1.29, 1.82) is 0 Å². The van der Waals surface area contributed by atoms with Crippen LogP contribution in [0.1, 0.15) is 22.3 Å². The summed E-state index contributed by atoms with van der Waals surface area (Å²) in [6.45, 7) is 1.01. The van der Waals surface area contributed by atoms with Gasteiger partial charge in [-0.25, -0.2) is 0 Å². The predicted octanol–water partition coefficient (Wildman–Crippen LogP) is 4.13. The summed E-state index contributed by atoms with van der Waals surface area (Å²) in [6.07, 6.45) is -4.03. The highest BCUT2D eigenvalue weighted by molar-refractivity contribution is 6.05. The van der Waals surface area contributed by atoms with Crippen molar-refractivity contribution in [1.82, 2.24) is 0 Å². The molecule has 8 heteroatoms. The number of ether oxygens (including phenoxy) is 3. The first-order valence-electron chi connectivity index (χ1n) is 8.28. The molecule has 1 fully saturated rings. The number of methoxy groups -OCH3 is 1. The van der Waals surface area contributed by atoms with Crippen LogP contribution in [0.5, 0.6) is 11.5 Å². The standard InChI is InChI=1S/C19H18F3NO4/c1-25-16-7-6-12(10-17(16)27-13-8-9-26-11-13)18(24)23-15-5-3-2-4-14(15)19(20,21)22/h2-7,10,13H,8-9,11H2,1H3,(H,23,24). The van der Waals surface area contributed by atoms with Crippen molar-refractivity contribution >= 4 is 11.6 Å². The van der Waals surface area contributed by atoms with E-state index in [1.54, 1.807) is 0 Å². The molecular weight excluding hydrogens is 363 g/mol. The number of rotatable bonds is 5. The van der Waals surface area contributed by atoms with Gasteiger partial charge >= 0.3 is 6.18 Å². The summed E-state index contributed by atoms with van der Waals surface area (Å²) in [5.41, 5.74) is -1.06. The summed E-state index contributed by atoms with van der Waals surface area (Å²) in [4.78, 5) is 12.5. The van der Waals surface area contributed by atoms with Crippen LogP contribution in [0.2, 0.25) is 0 Å². The maximum absolute atomic E-state index is 13.1. The number of hydrogen-bond donors (Lipinski definition) is 1. The van der Waals surface area contributed by atoms with Crippen LogP contribution in [-0.2, 0) is 10.9 Å². The van der Waals surface area contributed by atoms with Crippen molar-refractivity contribution in [2.45, 2.75) is 18.7 Å². The summed E-state index contributed by atoms with van der Waals surface area (Å²) >= 11 is 0. The van der Waals surface area contributed by atoms with Crippen molar-refractivity contribution in [2.75, 3.05) is 25.6 Å². The Morgan fingerprint density at radius 3 is 2.63 bits per heavy atom. The van der Waals surface area contributed by atoms with E-state index in [1.807, 2.05) is 0 Å². The topological polar surface area (TPSA) is 56.8 Å². The maximum atomic E-state index is 13.1. The van der Waals surface area contributed by atoms with Gasteiger partial charge in [0.2, 0.25) is 0 Å². The minimum atomic E-state index is -4.57. The highest BCUT2D eigenvalue weighted by Gasteiger charge is 2.33. The molecule has 1 saturated heterocycles. The lowest BCUT2D eigenvalue weighted by Gasteiger charge is -2.17. The van der Waals surface area contributed by atoms with Crippen LogP contribution in [0, 0.1) is 0 Å². The van der Waals surface area contributed by atoms with Gasteiger partial charge in [0.05, 0.1) is 31.6 Å². The first-order chi connectivity index (χ1) is 12.9. The Labute approximate surface area is 154 Å². The number of carbonyl (C=O) groups is 1. The van der Waals surface area contributed by atoms with Gasteiger partial charge < -0.3 is 19.5 Å². The number of anilines is 1. The number of nitrogens with one attached hydrogen (secondary N) is 1. The molecule has 0 radical (unpaired) electrons. The first kappa shape index (κ1) is 19.0. The summed E-state index contributed by atoms with van der Waals surface area (Å²) in [6, 6.07) is 9.26. The lowest BCUT2D eigenvalue weighted by molar-refractivity contribution is -0.136. The molecule has 1 atom stereocenters. The van der Waals surface area contributed by atoms with Gasteiger partial charge in [-0.3, -0.25) is 4.79 Å².